The number of hydrogen-bond acceptors (Lipinski definition) is 5. The summed E-state index contributed by atoms with van der Waals surface area (Å²) in [6, 6.07) is 7.96. The first-order valence-corrected chi connectivity index (χ1v) is 7.05. The number of hydrogen-bond donors (Lipinski definition) is 1. The Labute approximate surface area is 123 Å². The number of fused-ring (bicyclic) bond motifs is 1. The van der Waals surface area contributed by atoms with Crippen molar-refractivity contribution in [3.63, 3.8) is 0 Å². The van der Waals surface area contributed by atoms with Crippen LogP contribution in [0.25, 0.3) is 0 Å². The second-order valence-electron chi connectivity index (χ2n) is 5.07. The van der Waals surface area contributed by atoms with E-state index in [4.69, 9.17) is 9.94 Å². The van der Waals surface area contributed by atoms with Crippen LogP contribution in [0.3, 0.4) is 0 Å². The molecule has 0 aromatic heterocycles. The summed E-state index contributed by atoms with van der Waals surface area (Å²) in [7, 11) is 0. The lowest BCUT2D eigenvalue weighted by atomic mass is 9.98. The molecule has 0 saturated heterocycles. The van der Waals surface area contributed by atoms with Crippen LogP contribution in [0.5, 0.6) is 0 Å². The van der Waals surface area contributed by atoms with E-state index in [-0.39, 0.29) is 17.1 Å². The smallest absolute Gasteiger partial charge is 0.304 e. The molecule has 6 heteroatoms. The monoisotopic (exact) mass is 292 g/mol. The molecular formula is C15H20N2O4. The Morgan fingerprint density at radius 1 is 1.57 bits per heavy atom. The quantitative estimate of drug-likeness (QED) is 0.224. The molecule has 1 aliphatic rings. The van der Waals surface area contributed by atoms with Crippen LogP contribution in [0.4, 0.5) is 0 Å². The van der Waals surface area contributed by atoms with E-state index in [0.29, 0.717) is 19.4 Å². The molecule has 0 saturated carbocycles. The molecular weight excluding hydrogens is 272 g/mol. The van der Waals surface area contributed by atoms with Gasteiger partial charge in [0.15, 0.2) is 6.23 Å². The van der Waals surface area contributed by atoms with Crippen LogP contribution < -0.4 is 0 Å². The van der Waals surface area contributed by atoms with E-state index < -0.39 is 0 Å². The van der Waals surface area contributed by atoms with Crippen molar-refractivity contribution in [3.8, 4) is 0 Å². The van der Waals surface area contributed by atoms with Gasteiger partial charge in [0, 0.05) is 36.9 Å². The van der Waals surface area contributed by atoms with Crippen LogP contribution in [0.15, 0.2) is 24.3 Å². The molecule has 0 radical (unpaired) electrons. The molecule has 114 valence electrons. The van der Waals surface area contributed by atoms with Crippen molar-refractivity contribution < 1.29 is 19.6 Å². The molecule has 1 heterocycles. The Balaban J connectivity index is 2.06. The van der Waals surface area contributed by atoms with Gasteiger partial charge >= 0.3 is 5.97 Å². The second kappa shape index (κ2) is 7.08. The Hall–Kier alpha value is -2.08. The highest BCUT2D eigenvalue weighted by Gasteiger charge is 2.28. The van der Waals surface area contributed by atoms with E-state index in [1.54, 1.807) is 0 Å². The number of rotatable bonds is 5. The summed E-state index contributed by atoms with van der Waals surface area (Å²) >= 11 is 0. The summed E-state index contributed by atoms with van der Waals surface area (Å²) in [5.41, 5.74) is 2.23. The average Bonchev–Trinajstić information content (AvgIpc) is 2.44. The van der Waals surface area contributed by atoms with Crippen LogP contribution in [0, 0.1) is 5.21 Å². The van der Waals surface area contributed by atoms with Gasteiger partial charge in [-0.1, -0.05) is 24.3 Å². The number of ether oxygens (including phenoxy) is 1. The molecule has 0 aliphatic carbocycles. The summed E-state index contributed by atoms with van der Waals surface area (Å²) < 4.78 is 5.46. The van der Waals surface area contributed by atoms with E-state index in [1.807, 2.05) is 18.2 Å². The van der Waals surface area contributed by atoms with Crippen molar-refractivity contribution in [1.82, 2.24) is 4.90 Å². The van der Waals surface area contributed by atoms with Crippen LogP contribution in [-0.4, -0.2) is 40.3 Å². The fraction of sp³-hybridized carbons (Fsp3) is 0.467. The van der Waals surface area contributed by atoms with Crippen molar-refractivity contribution in [2.75, 3.05) is 13.1 Å². The minimum absolute atomic E-state index is 0.172. The second-order valence-corrected chi connectivity index (χ2v) is 5.07. The van der Waals surface area contributed by atoms with Gasteiger partial charge in [-0.25, -0.2) is 0 Å². The Morgan fingerprint density at radius 3 is 3.05 bits per heavy atom. The normalized spacial score (nSPS) is 19.1. The Morgan fingerprint density at radius 2 is 2.33 bits per heavy atom. The molecule has 2 rings (SSSR count). The first-order valence-electron chi connectivity index (χ1n) is 7.05. The van der Waals surface area contributed by atoms with E-state index in [1.165, 1.54) is 18.7 Å². The zero-order valence-electron chi connectivity index (χ0n) is 12.1. The summed E-state index contributed by atoms with van der Waals surface area (Å²) in [5.74, 6) is -0.311. The highest BCUT2D eigenvalue weighted by molar-refractivity contribution is 5.66. The summed E-state index contributed by atoms with van der Waals surface area (Å²) in [6.45, 7) is 2.90. The molecule has 1 atom stereocenters. The largest absolute Gasteiger partial charge is 0.442 e. The van der Waals surface area contributed by atoms with Crippen molar-refractivity contribution in [1.29, 1.82) is 0 Å². The summed E-state index contributed by atoms with van der Waals surface area (Å²) in [4.78, 5) is 13.3. The van der Waals surface area contributed by atoms with Gasteiger partial charge in [0.1, 0.15) is 0 Å². The highest BCUT2D eigenvalue weighted by atomic mass is 16.8. The van der Waals surface area contributed by atoms with E-state index in [0.717, 1.165) is 18.5 Å². The predicted molar refractivity (Wildman–Crippen MR) is 76.9 cm³/mol. The molecule has 1 unspecified atom stereocenters. The average molecular weight is 292 g/mol. The topological polar surface area (TPSA) is 75.8 Å². The SMILES string of the molecule is CC(=O)OC1c2ccccc2CCN1CCC/C=[N+](\[O-])O. The number of carbonyl (C=O) groups excluding carboxylic acids is 1. The zero-order chi connectivity index (χ0) is 15.2. The maximum absolute atomic E-state index is 11.4. The molecule has 1 aromatic rings. The third-order valence-electron chi connectivity index (χ3n) is 3.53. The van der Waals surface area contributed by atoms with Gasteiger partial charge < -0.3 is 9.94 Å². The van der Waals surface area contributed by atoms with Gasteiger partial charge in [0.25, 0.3) is 0 Å². The van der Waals surface area contributed by atoms with Crippen molar-refractivity contribution in [3.05, 3.63) is 40.6 Å². The lowest BCUT2D eigenvalue weighted by Gasteiger charge is -2.36. The Bertz CT molecular complexity index is 526. The first kappa shape index (κ1) is 15.3. The molecule has 1 N–H and O–H groups in total. The van der Waals surface area contributed by atoms with Gasteiger partial charge in [-0.2, -0.15) is 0 Å². The van der Waals surface area contributed by atoms with Crippen LogP contribution >= 0.6 is 0 Å². The van der Waals surface area contributed by atoms with Crippen molar-refractivity contribution >= 4 is 12.2 Å². The standard InChI is InChI=1S/C15H20N2O4/c1-12(18)21-15-14-7-3-2-6-13(14)8-11-16(15)9-4-5-10-17(19)20/h2-3,6-7,10,15H,4-5,8-9,11H2,1H3,(H,19,20). The van der Waals surface area contributed by atoms with E-state index in [9.17, 15) is 10.0 Å². The van der Waals surface area contributed by atoms with Crippen LogP contribution in [0.1, 0.15) is 37.1 Å². The Kier molecular flexibility index (Phi) is 5.16. The first-order chi connectivity index (χ1) is 10.1. The molecule has 0 amide bonds. The fourth-order valence-corrected chi connectivity index (χ4v) is 2.60. The molecule has 0 bridgehead atoms. The minimum atomic E-state index is -0.370. The van der Waals surface area contributed by atoms with Gasteiger partial charge in [-0.15, -0.1) is 0 Å². The maximum Gasteiger partial charge on any atom is 0.304 e. The molecule has 21 heavy (non-hydrogen) atoms. The van der Waals surface area contributed by atoms with E-state index in [2.05, 4.69) is 11.0 Å². The van der Waals surface area contributed by atoms with Crippen molar-refractivity contribution in [2.24, 2.45) is 0 Å². The summed E-state index contributed by atoms with van der Waals surface area (Å²) in [6.07, 6.45) is 2.90. The zero-order valence-corrected chi connectivity index (χ0v) is 12.1. The van der Waals surface area contributed by atoms with Crippen molar-refractivity contribution in [2.45, 2.75) is 32.4 Å². The van der Waals surface area contributed by atoms with Gasteiger partial charge in [-0.3, -0.25) is 14.9 Å². The van der Waals surface area contributed by atoms with Crippen LogP contribution in [0.2, 0.25) is 0 Å². The number of unbranched alkanes of at least 4 members (excludes halogenated alkanes) is 1. The fourth-order valence-electron chi connectivity index (χ4n) is 2.60. The van der Waals surface area contributed by atoms with Crippen LogP contribution in [-0.2, 0) is 16.0 Å². The lowest BCUT2D eigenvalue weighted by molar-refractivity contribution is -0.723. The summed E-state index contributed by atoms with van der Waals surface area (Å²) in [5, 5.41) is 18.9. The number of nitrogens with zero attached hydrogens (tertiary/aromatic N) is 2. The predicted octanol–water partition coefficient (Wildman–Crippen LogP) is 1.86. The molecule has 1 aliphatic heterocycles. The minimum Gasteiger partial charge on any atom is -0.442 e. The molecule has 0 fully saturated rings. The lowest BCUT2D eigenvalue weighted by Crippen LogP contribution is -2.38. The van der Waals surface area contributed by atoms with Gasteiger partial charge in [0.05, 0.1) is 0 Å². The molecule has 6 nitrogen and oxygen atoms in total. The third kappa shape index (κ3) is 4.19. The molecule has 0 spiro atoms. The molecule has 1 aromatic carbocycles. The number of esters is 1. The number of benzene rings is 1. The van der Waals surface area contributed by atoms with E-state index >= 15 is 0 Å². The number of carbonyl (C=O) groups is 1. The maximum atomic E-state index is 11.4. The highest BCUT2D eigenvalue weighted by Crippen LogP contribution is 2.30. The third-order valence-corrected chi connectivity index (χ3v) is 3.53. The van der Waals surface area contributed by atoms with Gasteiger partial charge in [-0.05, 0) is 18.4 Å². The van der Waals surface area contributed by atoms with Gasteiger partial charge in [0.2, 0.25) is 6.21 Å².